The molecule has 6 heteroatoms. The van der Waals surface area contributed by atoms with E-state index >= 15 is 0 Å². The van der Waals surface area contributed by atoms with Gasteiger partial charge in [0, 0.05) is 43.9 Å². The largest absolute Gasteiger partial charge is 0.343 e. The van der Waals surface area contributed by atoms with Crippen molar-refractivity contribution in [2.75, 3.05) is 24.5 Å². The highest BCUT2D eigenvalue weighted by Gasteiger charge is 2.34. The number of carbonyl (C=O) groups excluding carboxylic acids is 2. The predicted molar refractivity (Wildman–Crippen MR) is 92.7 cm³/mol. The van der Waals surface area contributed by atoms with Crippen LogP contribution in [0.15, 0.2) is 24.3 Å². The average Bonchev–Trinajstić information content (AvgIpc) is 3.02. The summed E-state index contributed by atoms with van der Waals surface area (Å²) in [4.78, 5) is 32.5. The standard InChI is InChI=1S/C19H20FN3O2/c1-12(24)22-7-4-13(5-8-22)19(25)23-9-6-15-10-14-2-3-16(20)11-17(14)21-18(15)23/h2-3,10-11,13H,4-9H2,1H3. The van der Waals surface area contributed by atoms with Crippen LogP contribution in [-0.4, -0.2) is 41.3 Å². The van der Waals surface area contributed by atoms with Crippen LogP contribution in [0.1, 0.15) is 25.3 Å². The zero-order valence-corrected chi connectivity index (χ0v) is 14.2. The van der Waals surface area contributed by atoms with Gasteiger partial charge in [-0.3, -0.25) is 14.5 Å². The van der Waals surface area contributed by atoms with E-state index in [9.17, 15) is 14.0 Å². The Morgan fingerprint density at radius 1 is 1.16 bits per heavy atom. The molecule has 1 fully saturated rings. The van der Waals surface area contributed by atoms with Gasteiger partial charge in [0.25, 0.3) is 0 Å². The van der Waals surface area contributed by atoms with Crippen LogP contribution in [0.5, 0.6) is 0 Å². The van der Waals surface area contributed by atoms with Gasteiger partial charge in [0.15, 0.2) is 0 Å². The Bertz CT molecular complexity index is 859. The third-order valence-electron chi connectivity index (χ3n) is 5.25. The van der Waals surface area contributed by atoms with Crippen LogP contribution in [0.3, 0.4) is 0 Å². The monoisotopic (exact) mass is 341 g/mol. The van der Waals surface area contributed by atoms with E-state index in [0.717, 1.165) is 17.4 Å². The van der Waals surface area contributed by atoms with Crippen LogP contribution in [0.4, 0.5) is 10.2 Å². The fraction of sp³-hybridized carbons (Fsp3) is 0.421. The Labute approximate surface area is 145 Å². The molecule has 4 rings (SSSR count). The van der Waals surface area contributed by atoms with Gasteiger partial charge in [0.1, 0.15) is 11.6 Å². The molecule has 3 heterocycles. The number of rotatable bonds is 1. The van der Waals surface area contributed by atoms with Gasteiger partial charge in [-0.05, 0) is 43.0 Å². The van der Waals surface area contributed by atoms with Crippen molar-refractivity contribution in [2.24, 2.45) is 5.92 Å². The third-order valence-corrected chi connectivity index (χ3v) is 5.25. The lowest BCUT2D eigenvalue weighted by Gasteiger charge is -2.32. The lowest BCUT2D eigenvalue weighted by molar-refractivity contribution is -0.133. The fourth-order valence-corrected chi connectivity index (χ4v) is 3.81. The van der Waals surface area contributed by atoms with Gasteiger partial charge in [0.05, 0.1) is 5.52 Å². The molecular formula is C19H20FN3O2. The van der Waals surface area contributed by atoms with Crippen molar-refractivity contribution >= 4 is 28.5 Å². The Kier molecular flexibility index (Phi) is 3.90. The Balaban J connectivity index is 1.57. The third kappa shape index (κ3) is 2.86. The number of piperidine rings is 1. The summed E-state index contributed by atoms with van der Waals surface area (Å²) in [5.74, 6) is 0.397. The Morgan fingerprint density at radius 3 is 2.64 bits per heavy atom. The smallest absolute Gasteiger partial charge is 0.231 e. The number of halogens is 1. The number of hydrogen-bond acceptors (Lipinski definition) is 3. The van der Waals surface area contributed by atoms with Crippen LogP contribution in [0.25, 0.3) is 10.9 Å². The lowest BCUT2D eigenvalue weighted by atomic mass is 9.95. The minimum absolute atomic E-state index is 0.0626. The van der Waals surface area contributed by atoms with Crippen LogP contribution < -0.4 is 4.90 Å². The highest BCUT2D eigenvalue weighted by molar-refractivity contribution is 5.97. The highest BCUT2D eigenvalue weighted by atomic mass is 19.1. The van der Waals surface area contributed by atoms with Crippen LogP contribution >= 0.6 is 0 Å². The molecule has 1 aromatic heterocycles. The summed E-state index contributed by atoms with van der Waals surface area (Å²) >= 11 is 0. The quantitative estimate of drug-likeness (QED) is 0.801. The molecule has 2 aliphatic heterocycles. The fourth-order valence-electron chi connectivity index (χ4n) is 3.81. The molecule has 0 atom stereocenters. The zero-order chi connectivity index (χ0) is 17.6. The molecule has 5 nitrogen and oxygen atoms in total. The molecule has 2 aliphatic rings. The number of carbonyl (C=O) groups is 2. The molecule has 1 saturated heterocycles. The summed E-state index contributed by atoms with van der Waals surface area (Å²) in [6, 6.07) is 6.56. The number of likely N-dealkylation sites (tertiary alicyclic amines) is 1. The zero-order valence-electron chi connectivity index (χ0n) is 14.2. The van der Waals surface area contributed by atoms with E-state index in [2.05, 4.69) is 4.98 Å². The molecule has 130 valence electrons. The number of pyridine rings is 1. The van der Waals surface area contributed by atoms with Crippen molar-refractivity contribution in [1.29, 1.82) is 0 Å². The number of hydrogen-bond donors (Lipinski definition) is 0. The first-order valence-electron chi connectivity index (χ1n) is 8.69. The number of aromatic nitrogens is 1. The van der Waals surface area contributed by atoms with Gasteiger partial charge in [-0.25, -0.2) is 9.37 Å². The summed E-state index contributed by atoms with van der Waals surface area (Å²) in [6.45, 7) is 3.44. The molecule has 0 bridgehead atoms. The molecule has 0 saturated carbocycles. The van der Waals surface area contributed by atoms with E-state index in [1.807, 2.05) is 6.07 Å². The first-order valence-corrected chi connectivity index (χ1v) is 8.69. The van der Waals surface area contributed by atoms with Crippen molar-refractivity contribution in [3.05, 3.63) is 35.6 Å². The van der Waals surface area contributed by atoms with Gasteiger partial charge < -0.3 is 4.90 Å². The SMILES string of the molecule is CC(=O)N1CCC(C(=O)N2CCc3cc4ccc(F)cc4nc32)CC1. The van der Waals surface area contributed by atoms with Gasteiger partial charge in [0.2, 0.25) is 11.8 Å². The molecule has 0 unspecified atom stereocenters. The maximum atomic E-state index is 13.5. The van der Waals surface area contributed by atoms with Crippen molar-refractivity contribution in [2.45, 2.75) is 26.2 Å². The molecule has 0 spiro atoms. The number of amides is 2. The number of benzene rings is 1. The molecule has 2 aromatic rings. The minimum atomic E-state index is -0.326. The molecule has 0 aliphatic carbocycles. The normalized spacial score (nSPS) is 17.8. The van der Waals surface area contributed by atoms with E-state index < -0.39 is 0 Å². The lowest BCUT2D eigenvalue weighted by Crippen LogP contribution is -2.43. The average molecular weight is 341 g/mol. The summed E-state index contributed by atoms with van der Waals surface area (Å²) in [6.07, 6.45) is 2.15. The van der Waals surface area contributed by atoms with Crippen molar-refractivity contribution in [3.8, 4) is 0 Å². The molecule has 0 N–H and O–H groups in total. The van der Waals surface area contributed by atoms with Gasteiger partial charge in [-0.2, -0.15) is 0 Å². The second-order valence-electron chi connectivity index (χ2n) is 6.83. The van der Waals surface area contributed by atoms with Crippen molar-refractivity contribution < 1.29 is 14.0 Å². The first kappa shape index (κ1) is 16.0. The Morgan fingerprint density at radius 2 is 1.92 bits per heavy atom. The Hall–Kier alpha value is -2.50. The second-order valence-corrected chi connectivity index (χ2v) is 6.83. The molecule has 0 radical (unpaired) electrons. The van der Waals surface area contributed by atoms with E-state index in [0.29, 0.717) is 43.8 Å². The van der Waals surface area contributed by atoms with E-state index in [1.54, 1.807) is 22.8 Å². The van der Waals surface area contributed by atoms with E-state index in [1.165, 1.54) is 12.1 Å². The highest BCUT2D eigenvalue weighted by Crippen LogP contribution is 2.32. The molecule has 2 amide bonds. The second kappa shape index (κ2) is 6.10. The van der Waals surface area contributed by atoms with Crippen molar-refractivity contribution in [3.63, 3.8) is 0 Å². The molecule has 25 heavy (non-hydrogen) atoms. The van der Waals surface area contributed by atoms with E-state index in [4.69, 9.17) is 0 Å². The van der Waals surface area contributed by atoms with Crippen LogP contribution in [0, 0.1) is 11.7 Å². The minimum Gasteiger partial charge on any atom is -0.343 e. The number of anilines is 1. The first-order chi connectivity index (χ1) is 12.0. The molecule has 1 aromatic carbocycles. The summed E-state index contributed by atoms with van der Waals surface area (Å²) in [5, 5.41) is 0.893. The van der Waals surface area contributed by atoms with Crippen molar-refractivity contribution in [1.82, 2.24) is 9.88 Å². The number of nitrogens with zero attached hydrogens (tertiary/aromatic N) is 3. The van der Waals surface area contributed by atoms with Gasteiger partial charge in [-0.15, -0.1) is 0 Å². The maximum Gasteiger partial charge on any atom is 0.231 e. The summed E-state index contributed by atoms with van der Waals surface area (Å²) in [5.41, 5.74) is 1.61. The summed E-state index contributed by atoms with van der Waals surface area (Å²) < 4.78 is 13.5. The van der Waals surface area contributed by atoms with Crippen LogP contribution in [0.2, 0.25) is 0 Å². The van der Waals surface area contributed by atoms with E-state index in [-0.39, 0.29) is 23.5 Å². The molecular weight excluding hydrogens is 321 g/mol. The summed E-state index contributed by atoms with van der Waals surface area (Å²) in [7, 11) is 0. The maximum absolute atomic E-state index is 13.5. The van der Waals surface area contributed by atoms with Gasteiger partial charge in [-0.1, -0.05) is 0 Å². The number of fused-ring (bicyclic) bond motifs is 2. The topological polar surface area (TPSA) is 53.5 Å². The predicted octanol–water partition coefficient (Wildman–Crippen LogP) is 2.52. The van der Waals surface area contributed by atoms with Crippen LogP contribution in [-0.2, 0) is 16.0 Å². The van der Waals surface area contributed by atoms with Gasteiger partial charge >= 0.3 is 0 Å².